The molecule has 0 aromatic heterocycles. The maximum absolute atomic E-state index is 12.0. The molecule has 1 rings (SSSR count). The molecule has 0 spiro atoms. The molecule has 0 aliphatic carbocycles. The van der Waals surface area contributed by atoms with Gasteiger partial charge in [-0.3, -0.25) is 4.79 Å². The zero-order valence-electron chi connectivity index (χ0n) is 12.2. The Balaban J connectivity index is 2.31. The van der Waals surface area contributed by atoms with Crippen LogP contribution in [0.15, 0.2) is 0 Å². The third-order valence-corrected chi connectivity index (χ3v) is 3.60. The van der Waals surface area contributed by atoms with Crippen molar-refractivity contribution in [1.82, 2.24) is 10.2 Å². The summed E-state index contributed by atoms with van der Waals surface area (Å²) in [5.74, 6) is 0.674. The molecule has 106 valence electrons. The van der Waals surface area contributed by atoms with Crippen LogP contribution in [0, 0.1) is 5.92 Å². The van der Waals surface area contributed by atoms with Crippen LogP contribution >= 0.6 is 0 Å². The summed E-state index contributed by atoms with van der Waals surface area (Å²) in [6.07, 6.45) is 4.07. The lowest BCUT2D eigenvalue weighted by Gasteiger charge is -2.31. The lowest BCUT2D eigenvalue weighted by Crippen LogP contribution is -2.52. The van der Waals surface area contributed by atoms with Crippen molar-refractivity contribution in [2.75, 3.05) is 26.2 Å². The van der Waals surface area contributed by atoms with Gasteiger partial charge in [-0.2, -0.15) is 0 Å². The van der Waals surface area contributed by atoms with E-state index in [1.165, 1.54) is 12.8 Å². The number of hydrogen-bond donors (Lipinski definition) is 2. The molecule has 1 saturated heterocycles. The quantitative estimate of drug-likeness (QED) is 0.722. The highest BCUT2D eigenvalue weighted by Gasteiger charge is 2.25. The summed E-state index contributed by atoms with van der Waals surface area (Å²) in [4.78, 5) is 14.3. The molecule has 0 radical (unpaired) electrons. The van der Waals surface area contributed by atoms with Crippen molar-refractivity contribution in [1.29, 1.82) is 0 Å². The molecule has 1 unspecified atom stereocenters. The number of carbonyl (C=O) groups excluding carboxylic acids is 1. The van der Waals surface area contributed by atoms with Gasteiger partial charge < -0.3 is 16.0 Å². The Labute approximate surface area is 111 Å². The predicted molar refractivity (Wildman–Crippen MR) is 75.3 cm³/mol. The van der Waals surface area contributed by atoms with Crippen LogP contribution in [-0.2, 0) is 4.79 Å². The largest absolute Gasteiger partial charge is 0.350 e. The summed E-state index contributed by atoms with van der Waals surface area (Å²) in [6.45, 7) is 10.0. The monoisotopic (exact) mass is 255 g/mol. The van der Waals surface area contributed by atoms with E-state index in [0.717, 1.165) is 26.1 Å². The SMILES string of the molecule is CC(C)CC(C)(CN)NC(=O)CCN1CCCC1. The van der Waals surface area contributed by atoms with Gasteiger partial charge in [0.05, 0.1) is 0 Å². The lowest BCUT2D eigenvalue weighted by molar-refractivity contribution is -0.123. The highest BCUT2D eigenvalue weighted by molar-refractivity contribution is 5.77. The summed E-state index contributed by atoms with van der Waals surface area (Å²) >= 11 is 0. The van der Waals surface area contributed by atoms with Gasteiger partial charge in [-0.15, -0.1) is 0 Å². The maximum atomic E-state index is 12.0. The molecular formula is C14H29N3O. The molecule has 0 aromatic rings. The Hall–Kier alpha value is -0.610. The average Bonchev–Trinajstić information content (AvgIpc) is 2.78. The van der Waals surface area contributed by atoms with Crippen molar-refractivity contribution in [3.05, 3.63) is 0 Å². The molecule has 1 atom stereocenters. The molecule has 1 amide bonds. The Kier molecular flexibility index (Phi) is 6.09. The van der Waals surface area contributed by atoms with Crippen LogP contribution in [0.4, 0.5) is 0 Å². The first-order valence-electron chi connectivity index (χ1n) is 7.18. The Morgan fingerprint density at radius 1 is 1.39 bits per heavy atom. The molecule has 0 bridgehead atoms. The van der Waals surface area contributed by atoms with E-state index in [-0.39, 0.29) is 11.4 Å². The van der Waals surface area contributed by atoms with Crippen molar-refractivity contribution in [3.8, 4) is 0 Å². The van der Waals surface area contributed by atoms with Crippen LogP contribution in [0.5, 0.6) is 0 Å². The maximum Gasteiger partial charge on any atom is 0.221 e. The Morgan fingerprint density at radius 3 is 2.50 bits per heavy atom. The first-order valence-corrected chi connectivity index (χ1v) is 7.18. The molecule has 1 aliphatic rings. The Bertz CT molecular complexity index is 262. The van der Waals surface area contributed by atoms with E-state index >= 15 is 0 Å². The van der Waals surface area contributed by atoms with Crippen molar-refractivity contribution in [2.24, 2.45) is 11.7 Å². The topological polar surface area (TPSA) is 58.4 Å². The van der Waals surface area contributed by atoms with E-state index in [9.17, 15) is 4.79 Å². The molecule has 0 saturated carbocycles. The van der Waals surface area contributed by atoms with Crippen molar-refractivity contribution < 1.29 is 4.79 Å². The number of amides is 1. The van der Waals surface area contributed by atoms with E-state index in [0.29, 0.717) is 18.9 Å². The molecule has 1 heterocycles. The minimum absolute atomic E-state index is 0.135. The van der Waals surface area contributed by atoms with Gasteiger partial charge in [0.2, 0.25) is 5.91 Å². The number of hydrogen-bond acceptors (Lipinski definition) is 3. The van der Waals surface area contributed by atoms with Gasteiger partial charge in [0, 0.05) is 25.0 Å². The van der Waals surface area contributed by atoms with E-state index in [1.807, 2.05) is 6.92 Å². The van der Waals surface area contributed by atoms with E-state index < -0.39 is 0 Å². The van der Waals surface area contributed by atoms with E-state index in [1.54, 1.807) is 0 Å². The third-order valence-electron chi connectivity index (χ3n) is 3.60. The van der Waals surface area contributed by atoms with E-state index in [4.69, 9.17) is 5.73 Å². The fourth-order valence-corrected chi connectivity index (χ4v) is 2.75. The van der Waals surface area contributed by atoms with Crippen molar-refractivity contribution in [2.45, 2.75) is 52.0 Å². The normalized spacial score (nSPS) is 20.1. The first-order chi connectivity index (χ1) is 8.45. The molecule has 1 aliphatic heterocycles. The minimum atomic E-state index is -0.254. The highest BCUT2D eigenvalue weighted by atomic mass is 16.1. The number of rotatable bonds is 7. The third kappa shape index (κ3) is 5.36. The second-order valence-electron chi connectivity index (χ2n) is 6.21. The fourth-order valence-electron chi connectivity index (χ4n) is 2.75. The van der Waals surface area contributed by atoms with Gasteiger partial charge in [0.25, 0.3) is 0 Å². The van der Waals surface area contributed by atoms with Crippen LogP contribution in [-0.4, -0.2) is 42.5 Å². The summed E-state index contributed by atoms with van der Waals surface area (Å²) in [5, 5.41) is 3.11. The van der Waals surface area contributed by atoms with E-state index in [2.05, 4.69) is 24.1 Å². The molecule has 1 fully saturated rings. The van der Waals surface area contributed by atoms with Gasteiger partial charge in [0.15, 0.2) is 0 Å². The van der Waals surface area contributed by atoms with Crippen LogP contribution in [0.3, 0.4) is 0 Å². The number of carbonyl (C=O) groups is 1. The summed E-state index contributed by atoms with van der Waals surface area (Å²) in [5.41, 5.74) is 5.54. The second kappa shape index (κ2) is 7.10. The second-order valence-corrected chi connectivity index (χ2v) is 6.21. The molecule has 18 heavy (non-hydrogen) atoms. The highest BCUT2D eigenvalue weighted by Crippen LogP contribution is 2.15. The zero-order valence-corrected chi connectivity index (χ0v) is 12.2. The van der Waals surface area contributed by atoms with Crippen molar-refractivity contribution >= 4 is 5.91 Å². The zero-order chi connectivity index (χ0) is 13.6. The van der Waals surface area contributed by atoms with Gasteiger partial charge in [-0.25, -0.2) is 0 Å². The fraction of sp³-hybridized carbons (Fsp3) is 0.929. The smallest absolute Gasteiger partial charge is 0.221 e. The molecule has 3 N–H and O–H groups in total. The summed E-state index contributed by atoms with van der Waals surface area (Å²) < 4.78 is 0. The standard InChI is InChI=1S/C14H29N3O/c1-12(2)10-14(3,11-15)16-13(18)6-9-17-7-4-5-8-17/h12H,4-11,15H2,1-3H3,(H,16,18). The van der Waals surface area contributed by atoms with Crippen LogP contribution in [0.25, 0.3) is 0 Å². The molecule has 0 aromatic carbocycles. The molecular weight excluding hydrogens is 226 g/mol. The summed E-state index contributed by atoms with van der Waals surface area (Å²) in [6, 6.07) is 0. The lowest BCUT2D eigenvalue weighted by atomic mass is 9.90. The molecule has 4 nitrogen and oxygen atoms in total. The van der Waals surface area contributed by atoms with Gasteiger partial charge >= 0.3 is 0 Å². The number of nitrogens with one attached hydrogen (secondary N) is 1. The molecule has 4 heteroatoms. The number of likely N-dealkylation sites (tertiary alicyclic amines) is 1. The van der Waals surface area contributed by atoms with Gasteiger partial charge in [-0.1, -0.05) is 13.8 Å². The van der Waals surface area contributed by atoms with Crippen LogP contribution in [0.2, 0.25) is 0 Å². The number of nitrogens with two attached hydrogens (primary N) is 1. The van der Waals surface area contributed by atoms with Gasteiger partial charge in [0.1, 0.15) is 0 Å². The first kappa shape index (κ1) is 15.4. The minimum Gasteiger partial charge on any atom is -0.350 e. The predicted octanol–water partition coefficient (Wildman–Crippen LogP) is 1.35. The Morgan fingerprint density at radius 2 is 2.00 bits per heavy atom. The van der Waals surface area contributed by atoms with Crippen LogP contribution in [0.1, 0.15) is 46.5 Å². The average molecular weight is 255 g/mol. The van der Waals surface area contributed by atoms with Gasteiger partial charge in [-0.05, 0) is 45.2 Å². The van der Waals surface area contributed by atoms with Crippen LogP contribution < -0.4 is 11.1 Å². The van der Waals surface area contributed by atoms with Crippen molar-refractivity contribution in [3.63, 3.8) is 0 Å². The number of nitrogens with zero attached hydrogens (tertiary/aromatic N) is 1. The summed E-state index contributed by atoms with van der Waals surface area (Å²) in [7, 11) is 0.